The average molecular weight is 369 g/mol. The molecule has 2 aromatic carbocycles. The van der Waals surface area contributed by atoms with E-state index in [2.05, 4.69) is 26.1 Å². The first-order valence-corrected chi connectivity index (χ1v) is 8.96. The maximum absolute atomic E-state index is 12.2. The predicted octanol–water partition coefficient (Wildman–Crippen LogP) is 4.24. The van der Waals surface area contributed by atoms with Gasteiger partial charge in [-0.15, -0.1) is 0 Å². The number of hydrogen-bond donors (Lipinski definition) is 1. The number of aryl methyl sites for hydroxylation is 1. The summed E-state index contributed by atoms with van der Waals surface area (Å²) in [5, 5.41) is 2.75. The van der Waals surface area contributed by atoms with Crippen molar-refractivity contribution in [2.75, 3.05) is 11.9 Å². The van der Waals surface area contributed by atoms with Crippen LogP contribution in [0.3, 0.4) is 0 Å². The second-order valence-corrected chi connectivity index (χ2v) is 7.50. The minimum Gasteiger partial charge on any atom is -0.482 e. The molecule has 1 atom stereocenters. The van der Waals surface area contributed by atoms with Crippen LogP contribution in [0.4, 0.5) is 5.69 Å². The summed E-state index contributed by atoms with van der Waals surface area (Å²) in [5.74, 6) is -0.397. The molecule has 0 heterocycles. The third-order valence-electron chi connectivity index (χ3n) is 4.16. The fourth-order valence-corrected chi connectivity index (χ4v) is 2.43. The van der Waals surface area contributed by atoms with E-state index in [-0.39, 0.29) is 17.9 Å². The zero-order valence-electron chi connectivity index (χ0n) is 16.5. The van der Waals surface area contributed by atoms with Crippen molar-refractivity contribution in [2.45, 2.75) is 46.1 Å². The number of para-hydroxylation sites is 1. The van der Waals surface area contributed by atoms with Gasteiger partial charge in [0, 0.05) is 5.69 Å². The second-order valence-electron chi connectivity index (χ2n) is 7.50. The van der Waals surface area contributed by atoms with Gasteiger partial charge < -0.3 is 14.8 Å². The third kappa shape index (κ3) is 6.13. The van der Waals surface area contributed by atoms with Gasteiger partial charge in [0.15, 0.2) is 12.7 Å². The smallest absolute Gasteiger partial charge is 0.344 e. The van der Waals surface area contributed by atoms with Crippen molar-refractivity contribution < 1.29 is 19.1 Å². The highest BCUT2D eigenvalue weighted by Gasteiger charge is 2.19. The molecule has 0 aliphatic rings. The van der Waals surface area contributed by atoms with Crippen LogP contribution in [0.25, 0.3) is 0 Å². The minimum atomic E-state index is -0.913. The first kappa shape index (κ1) is 20.5. The Hall–Kier alpha value is -2.82. The van der Waals surface area contributed by atoms with E-state index in [0.29, 0.717) is 11.4 Å². The fraction of sp³-hybridized carbons (Fsp3) is 0.364. The molecule has 5 heteroatoms. The highest BCUT2D eigenvalue weighted by molar-refractivity contribution is 5.95. The summed E-state index contributed by atoms with van der Waals surface area (Å²) >= 11 is 0. The van der Waals surface area contributed by atoms with Crippen LogP contribution in [-0.4, -0.2) is 24.6 Å². The van der Waals surface area contributed by atoms with E-state index in [4.69, 9.17) is 9.47 Å². The number of rotatable bonds is 6. The van der Waals surface area contributed by atoms with Crippen molar-refractivity contribution >= 4 is 17.6 Å². The molecule has 27 heavy (non-hydrogen) atoms. The van der Waals surface area contributed by atoms with Crippen molar-refractivity contribution in [3.63, 3.8) is 0 Å². The number of benzene rings is 2. The van der Waals surface area contributed by atoms with Crippen LogP contribution in [0, 0.1) is 6.92 Å². The monoisotopic (exact) mass is 369 g/mol. The molecule has 1 amide bonds. The van der Waals surface area contributed by atoms with Gasteiger partial charge in [-0.25, -0.2) is 4.79 Å². The largest absolute Gasteiger partial charge is 0.482 e. The number of carbonyl (C=O) groups excluding carboxylic acids is 2. The van der Waals surface area contributed by atoms with Gasteiger partial charge >= 0.3 is 5.97 Å². The normalized spacial score (nSPS) is 12.2. The highest BCUT2D eigenvalue weighted by Crippen LogP contribution is 2.24. The number of hydrogen-bond acceptors (Lipinski definition) is 4. The number of nitrogens with one attached hydrogen (secondary N) is 1. The van der Waals surface area contributed by atoms with Crippen LogP contribution in [0.1, 0.15) is 38.8 Å². The molecule has 0 bridgehead atoms. The summed E-state index contributed by atoms with van der Waals surface area (Å²) in [6.07, 6.45) is -0.913. The van der Waals surface area contributed by atoms with Crippen LogP contribution < -0.4 is 10.1 Å². The Morgan fingerprint density at radius 3 is 2.26 bits per heavy atom. The van der Waals surface area contributed by atoms with Crippen LogP contribution >= 0.6 is 0 Å². The van der Waals surface area contributed by atoms with Gasteiger partial charge in [-0.05, 0) is 48.6 Å². The number of esters is 1. The predicted molar refractivity (Wildman–Crippen MR) is 106 cm³/mol. The molecule has 0 saturated carbocycles. The Bertz CT molecular complexity index is 791. The SMILES string of the molecule is Cc1ccccc1NC(=O)C(C)OC(=O)COc1ccc(C(C)(C)C)cc1. The lowest BCUT2D eigenvalue weighted by molar-refractivity contribution is -0.155. The molecule has 0 aliphatic carbocycles. The van der Waals surface area contributed by atoms with Gasteiger partial charge in [0.05, 0.1) is 0 Å². The van der Waals surface area contributed by atoms with Crippen molar-refractivity contribution in [1.29, 1.82) is 0 Å². The van der Waals surface area contributed by atoms with Crippen molar-refractivity contribution in [3.05, 3.63) is 59.7 Å². The molecule has 2 aromatic rings. The van der Waals surface area contributed by atoms with Crippen LogP contribution in [-0.2, 0) is 19.7 Å². The molecule has 1 unspecified atom stereocenters. The lowest BCUT2D eigenvalue weighted by atomic mass is 9.87. The molecule has 144 valence electrons. The number of amides is 1. The molecule has 0 aliphatic heterocycles. The van der Waals surface area contributed by atoms with Crippen LogP contribution in [0.5, 0.6) is 5.75 Å². The van der Waals surface area contributed by atoms with Gasteiger partial charge in [0.25, 0.3) is 5.91 Å². The summed E-state index contributed by atoms with van der Waals surface area (Å²) in [6.45, 7) is 9.56. The van der Waals surface area contributed by atoms with E-state index < -0.39 is 12.1 Å². The Labute approximate surface area is 160 Å². The lowest BCUT2D eigenvalue weighted by Gasteiger charge is -2.19. The molecule has 0 aromatic heterocycles. The minimum absolute atomic E-state index is 0.0529. The number of ether oxygens (including phenoxy) is 2. The Kier molecular flexibility index (Phi) is 6.61. The first-order valence-electron chi connectivity index (χ1n) is 8.96. The van der Waals surface area contributed by atoms with E-state index in [9.17, 15) is 9.59 Å². The second kappa shape index (κ2) is 8.71. The van der Waals surface area contributed by atoms with E-state index in [1.54, 1.807) is 6.07 Å². The lowest BCUT2D eigenvalue weighted by Crippen LogP contribution is -2.31. The molecule has 5 nitrogen and oxygen atoms in total. The maximum atomic E-state index is 12.2. The van der Waals surface area contributed by atoms with Gasteiger partial charge in [-0.1, -0.05) is 51.1 Å². The maximum Gasteiger partial charge on any atom is 0.344 e. The van der Waals surface area contributed by atoms with Gasteiger partial charge in [-0.3, -0.25) is 4.79 Å². The summed E-state index contributed by atoms with van der Waals surface area (Å²) in [5.41, 5.74) is 2.86. The molecule has 0 fully saturated rings. The Morgan fingerprint density at radius 1 is 1.04 bits per heavy atom. The Balaban J connectivity index is 1.82. The molecule has 0 saturated heterocycles. The third-order valence-corrected chi connectivity index (χ3v) is 4.16. The highest BCUT2D eigenvalue weighted by atomic mass is 16.6. The van der Waals surface area contributed by atoms with Crippen molar-refractivity contribution in [1.82, 2.24) is 0 Å². The molecule has 0 spiro atoms. The van der Waals surface area contributed by atoms with Gasteiger partial charge in [0.2, 0.25) is 0 Å². The zero-order chi connectivity index (χ0) is 20.0. The first-order chi connectivity index (χ1) is 12.7. The number of carbonyl (C=O) groups is 2. The molecular formula is C22H27NO4. The topological polar surface area (TPSA) is 64.6 Å². The number of anilines is 1. The van der Waals surface area contributed by atoms with E-state index >= 15 is 0 Å². The summed E-state index contributed by atoms with van der Waals surface area (Å²) in [4.78, 5) is 24.1. The Morgan fingerprint density at radius 2 is 1.67 bits per heavy atom. The summed E-state index contributed by atoms with van der Waals surface area (Å²) in [6, 6.07) is 15.0. The van der Waals surface area contributed by atoms with Crippen molar-refractivity contribution in [3.8, 4) is 5.75 Å². The summed E-state index contributed by atoms with van der Waals surface area (Å²) < 4.78 is 10.6. The molecule has 0 radical (unpaired) electrons. The fourth-order valence-electron chi connectivity index (χ4n) is 2.43. The quantitative estimate of drug-likeness (QED) is 0.774. The van der Waals surface area contributed by atoms with Gasteiger partial charge in [0.1, 0.15) is 5.75 Å². The van der Waals surface area contributed by atoms with Crippen LogP contribution in [0.2, 0.25) is 0 Å². The van der Waals surface area contributed by atoms with Gasteiger partial charge in [-0.2, -0.15) is 0 Å². The average Bonchev–Trinajstić information content (AvgIpc) is 2.61. The molecular weight excluding hydrogens is 342 g/mol. The van der Waals surface area contributed by atoms with E-state index in [1.807, 2.05) is 49.4 Å². The summed E-state index contributed by atoms with van der Waals surface area (Å²) in [7, 11) is 0. The van der Waals surface area contributed by atoms with Crippen molar-refractivity contribution in [2.24, 2.45) is 0 Å². The standard InChI is InChI=1S/C22H27NO4/c1-15-8-6-7-9-19(15)23-21(25)16(2)27-20(24)14-26-18-12-10-17(11-13-18)22(3,4)5/h6-13,16H,14H2,1-5H3,(H,23,25). The van der Waals surface area contributed by atoms with Crippen LogP contribution in [0.15, 0.2) is 48.5 Å². The van der Waals surface area contributed by atoms with E-state index in [1.165, 1.54) is 12.5 Å². The molecule has 1 N–H and O–H groups in total. The zero-order valence-corrected chi connectivity index (χ0v) is 16.5. The van der Waals surface area contributed by atoms with E-state index in [0.717, 1.165) is 5.56 Å². The molecule has 2 rings (SSSR count).